The molecular weight excluding hydrogens is 272 g/mol. The van der Waals surface area contributed by atoms with Gasteiger partial charge in [0, 0.05) is 24.3 Å². The topological polar surface area (TPSA) is 51.2 Å². The normalized spacial score (nSPS) is 12.2. The Hall–Kier alpha value is -0.940. The molecule has 16 heavy (non-hydrogen) atoms. The summed E-state index contributed by atoms with van der Waals surface area (Å²) < 4.78 is 4.99. The van der Waals surface area contributed by atoms with Gasteiger partial charge < -0.3 is 10.1 Å². The fourth-order valence-electron chi connectivity index (χ4n) is 1.20. The lowest BCUT2D eigenvalue weighted by Gasteiger charge is -2.14. The summed E-state index contributed by atoms with van der Waals surface area (Å²) >= 11 is 3.32. The van der Waals surface area contributed by atoms with Crippen LogP contribution < -0.4 is 5.32 Å². The third-order valence-corrected chi connectivity index (χ3v) is 2.84. The number of aromatic nitrogens is 1. The molecule has 88 valence electrons. The van der Waals surface area contributed by atoms with Gasteiger partial charge in [0.15, 0.2) is 0 Å². The molecule has 0 spiro atoms. The van der Waals surface area contributed by atoms with E-state index in [-0.39, 0.29) is 11.9 Å². The highest BCUT2D eigenvalue weighted by Gasteiger charge is 2.12. The Bertz CT molecular complexity index is 340. The van der Waals surface area contributed by atoms with Gasteiger partial charge in [-0.25, -0.2) is 0 Å². The molecule has 1 rings (SSSR count). The maximum Gasteiger partial charge on any atom is 0.253 e. The summed E-state index contributed by atoms with van der Waals surface area (Å²) in [5.41, 5.74) is 1.46. The van der Waals surface area contributed by atoms with E-state index in [1.807, 2.05) is 13.0 Å². The molecule has 0 aliphatic carbocycles. The Kier molecular flexibility index (Phi) is 5.42. The largest absolute Gasteiger partial charge is 0.383 e. The molecular formula is C11H15BrN2O2. The number of nitrogens with zero attached hydrogens (tertiary/aromatic N) is 1. The Morgan fingerprint density at radius 2 is 2.38 bits per heavy atom. The zero-order valence-corrected chi connectivity index (χ0v) is 11.0. The highest BCUT2D eigenvalue weighted by molar-refractivity contribution is 9.09. The van der Waals surface area contributed by atoms with E-state index >= 15 is 0 Å². The fourth-order valence-corrected chi connectivity index (χ4v) is 1.55. The second kappa shape index (κ2) is 6.60. The van der Waals surface area contributed by atoms with Gasteiger partial charge >= 0.3 is 0 Å². The van der Waals surface area contributed by atoms with Gasteiger partial charge in [-0.05, 0) is 19.1 Å². The van der Waals surface area contributed by atoms with Crippen molar-refractivity contribution in [3.8, 4) is 0 Å². The Balaban J connectivity index is 2.60. The van der Waals surface area contributed by atoms with Crippen molar-refractivity contribution in [2.24, 2.45) is 0 Å². The van der Waals surface area contributed by atoms with Crippen molar-refractivity contribution in [1.82, 2.24) is 10.3 Å². The number of aryl methyl sites for hydroxylation is 1. The molecule has 1 aromatic rings. The number of pyridine rings is 1. The maximum atomic E-state index is 11.8. The van der Waals surface area contributed by atoms with Gasteiger partial charge in [0.2, 0.25) is 0 Å². The lowest BCUT2D eigenvalue weighted by atomic mass is 10.2. The SMILES string of the molecule is COCC(CBr)NC(=O)c1ccc(C)nc1. The number of halogens is 1. The van der Waals surface area contributed by atoms with Crippen molar-refractivity contribution in [3.05, 3.63) is 29.6 Å². The average molecular weight is 287 g/mol. The number of alkyl halides is 1. The molecule has 0 aliphatic heterocycles. The smallest absolute Gasteiger partial charge is 0.253 e. The molecule has 0 fully saturated rings. The molecule has 4 nitrogen and oxygen atoms in total. The molecule has 0 saturated carbocycles. The zero-order valence-electron chi connectivity index (χ0n) is 9.37. The number of carbonyl (C=O) groups is 1. The van der Waals surface area contributed by atoms with E-state index in [0.717, 1.165) is 5.69 Å². The van der Waals surface area contributed by atoms with Crippen molar-refractivity contribution in [2.45, 2.75) is 13.0 Å². The van der Waals surface area contributed by atoms with Crippen LogP contribution in [0.5, 0.6) is 0 Å². The third kappa shape index (κ3) is 3.90. The van der Waals surface area contributed by atoms with E-state index < -0.39 is 0 Å². The first-order chi connectivity index (χ1) is 7.67. The predicted octanol–water partition coefficient (Wildman–Crippen LogP) is 1.53. The molecule has 0 aliphatic rings. The third-order valence-electron chi connectivity index (χ3n) is 2.06. The van der Waals surface area contributed by atoms with Crippen LogP contribution in [0, 0.1) is 6.92 Å². The summed E-state index contributed by atoms with van der Waals surface area (Å²) in [5.74, 6) is -0.131. The minimum absolute atomic E-state index is 0.0289. The second-order valence-electron chi connectivity index (χ2n) is 3.47. The minimum atomic E-state index is -0.131. The lowest BCUT2D eigenvalue weighted by Crippen LogP contribution is -2.39. The average Bonchev–Trinajstić information content (AvgIpc) is 2.29. The number of nitrogens with one attached hydrogen (secondary N) is 1. The van der Waals surface area contributed by atoms with Crippen LogP contribution in [0.1, 0.15) is 16.1 Å². The highest BCUT2D eigenvalue weighted by atomic mass is 79.9. The predicted molar refractivity (Wildman–Crippen MR) is 65.9 cm³/mol. The number of hydrogen-bond acceptors (Lipinski definition) is 3. The van der Waals surface area contributed by atoms with Gasteiger partial charge in [0.05, 0.1) is 18.2 Å². The van der Waals surface area contributed by atoms with Crippen molar-refractivity contribution >= 4 is 21.8 Å². The molecule has 1 aromatic heterocycles. The molecule has 1 N–H and O–H groups in total. The van der Waals surface area contributed by atoms with Crippen LogP contribution in [-0.2, 0) is 4.74 Å². The summed E-state index contributed by atoms with van der Waals surface area (Å²) in [6.07, 6.45) is 1.57. The number of hydrogen-bond donors (Lipinski definition) is 1. The van der Waals surface area contributed by atoms with Gasteiger partial charge in [0.25, 0.3) is 5.91 Å². The van der Waals surface area contributed by atoms with Crippen LogP contribution in [0.15, 0.2) is 18.3 Å². The van der Waals surface area contributed by atoms with Crippen LogP contribution in [-0.4, -0.2) is 36.0 Å². The number of rotatable bonds is 5. The van der Waals surface area contributed by atoms with E-state index in [1.54, 1.807) is 19.4 Å². The van der Waals surface area contributed by atoms with Crippen LogP contribution >= 0.6 is 15.9 Å². The van der Waals surface area contributed by atoms with E-state index in [1.165, 1.54) is 0 Å². The first kappa shape index (κ1) is 13.1. The van der Waals surface area contributed by atoms with Crippen LogP contribution in [0.25, 0.3) is 0 Å². The van der Waals surface area contributed by atoms with Crippen molar-refractivity contribution in [2.75, 3.05) is 19.0 Å². The van der Waals surface area contributed by atoms with Gasteiger partial charge in [-0.3, -0.25) is 9.78 Å². The summed E-state index contributed by atoms with van der Waals surface area (Å²) in [6, 6.07) is 3.54. The van der Waals surface area contributed by atoms with E-state index in [0.29, 0.717) is 17.5 Å². The molecule has 1 heterocycles. The molecule has 1 atom stereocenters. The number of carbonyl (C=O) groups excluding carboxylic acids is 1. The lowest BCUT2D eigenvalue weighted by molar-refractivity contribution is 0.0907. The van der Waals surface area contributed by atoms with Crippen molar-refractivity contribution in [3.63, 3.8) is 0 Å². The van der Waals surface area contributed by atoms with E-state index in [4.69, 9.17) is 4.74 Å². The standard InChI is InChI=1S/C11H15BrN2O2/c1-8-3-4-9(6-13-8)11(15)14-10(5-12)7-16-2/h3-4,6,10H,5,7H2,1-2H3,(H,14,15). The molecule has 1 amide bonds. The van der Waals surface area contributed by atoms with Crippen molar-refractivity contribution < 1.29 is 9.53 Å². The minimum Gasteiger partial charge on any atom is -0.383 e. The first-order valence-electron chi connectivity index (χ1n) is 4.95. The fraction of sp³-hybridized carbons (Fsp3) is 0.455. The number of ether oxygens (including phenoxy) is 1. The first-order valence-corrected chi connectivity index (χ1v) is 6.08. The molecule has 0 radical (unpaired) electrons. The van der Waals surface area contributed by atoms with Crippen LogP contribution in [0.3, 0.4) is 0 Å². The van der Waals surface area contributed by atoms with Gasteiger partial charge in [-0.1, -0.05) is 15.9 Å². The maximum absolute atomic E-state index is 11.8. The molecule has 0 saturated heterocycles. The zero-order chi connectivity index (χ0) is 12.0. The molecule has 1 unspecified atom stereocenters. The van der Waals surface area contributed by atoms with E-state index in [9.17, 15) is 4.79 Å². The number of amides is 1. The van der Waals surface area contributed by atoms with Crippen LogP contribution in [0.2, 0.25) is 0 Å². The molecule has 0 aromatic carbocycles. The Morgan fingerprint density at radius 3 is 2.88 bits per heavy atom. The molecule has 5 heteroatoms. The summed E-state index contributed by atoms with van der Waals surface area (Å²) in [7, 11) is 1.61. The molecule has 0 bridgehead atoms. The van der Waals surface area contributed by atoms with Gasteiger partial charge in [-0.2, -0.15) is 0 Å². The Morgan fingerprint density at radius 1 is 1.62 bits per heavy atom. The van der Waals surface area contributed by atoms with E-state index in [2.05, 4.69) is 26.2 Å². The highest BCUT2D eigenvalue weighted by Crippen LogP contribution is 2.01. The van der Waals surface area contributed by atoms with Gasteiger partial charge in [-0.15, -0.1) is 0 Å². The quantitative estimate of drug-likeness (QED) is 0.836. The number of methoxy groups -OCH3 is 1. The van der Waals surface area contributed by atoms with Crippen LogP contribution in [0.4, 0.5) is 0 Å². The monoisotopic (exact) mass is 286 g/mol. The van der Waals surface area contributed by atoms with Crippen molar-refractivity contribution in [1.29, 1.82) is 0 Å². The van der Waals surface area contributed by atoms with Gasteiger partial charge in [0.1, 0.15) is 0 Å². The summed E-state index contributed by atoms with van der Waals surface area (Å²) in [4.78, 5) is 15.8. The summed E-state index contributed by atoms with van der Waals surface area (Å²) in [5, 5.41) is 3.51. The summed E-state index contributed by atoms with van der Waals surface area (Å²) in [6.45, 7) is 2.37. The second-order valence-corrected chi connectivity index (χ2v) is 4.12. The Labute approximate surface area is 104 Å².